The molecule has 5 heteroatoms. The first-order chi connectivity index (χ1) is 13.2. The lowest BCUT2D eigenvalue weighted by atomic mass is 10.0. The Kier molecular flexibility index (Phi) is 5.10. The predicted octanol–water partition coefficient (Wildman–Crippen LogP) is 4.02. The number of hydrogen-bond donors (Lipinski definition) is 0. The van der Waals surface area contributed by atoms with E-state index in [4.69, 9.17) is 4.74 Å². The van der Waals surface area contributed by atoms with E-state index in [1.807, 2.05) is 42.5 Å². The Bertz CT molecular complexity index is 940. The molecule has 2 aromatic carbocycles. The number of rotatable bonds is 4. The third-order valence-electron chi connectivity index (χ3n) is 5.17. The maximum atomic E-state index is 12.4. The van der Waals surface area contributed by atoms with Gasteiger partial charge in [-0.1, -0.05) is 31.0 Å². The van der Waals surface area contributed by atoms with Gasteiger partial charge in [0.2, 0.25) is 0 Å². The van der Waals surface area contributed by atoms with Crippen molar-refractivity contribution in [3.63, 3.8) is 0 Å². The maximum absolute atomic E-state index is 12.4. The molecule has 0 saturated carbocycles. The van der Waals surface area contributed by atoms with Gasteiger partial charge in [-0.05, 0) is 47.4 Å². The van der Waals surface area contributed by atoms with Crippen molar-refractivity contribution < 1.29 is 9.53 Å². The molecule has 5 nitrogen and oxygen atoms in total. The fraction of sp³-hybridized carbons (Fsp3) is 0.364. The van der Waals surface area contributed by atoms with Crippen LogP contribution in [-0.4, -0.2) is 40.3 Å². The van der Waals surface area contributed by atoms with E-state index in [-0.39, 0.29) is 12.5 Å². The van der Waals surface area contributed by atoms with Gasteiger partial charge in [-0.2, -0.15) is 5.10 Å². The maximum Gasteiger partial charge on any atom is 0.260 e. The van der Waals surface area contributed by atoms with E-state index in [1.54, 1.807) is 4.68 Å². The number of aryl methyl sites for hydroxylation is 1. The average molecular weight is 363 g/mol. The Morgan fingerprint density at radius 3 is 2.48 bits per heavy atom. The van der Waals surface area contributed by atoms with Gasteiger partial charge in [0.05, 0.1) is 6.20 Å². The fourth-order valence-corrected chi connectivity index (χ4v) is 3.62. The molecule has 1 fully saturated rings. The van der Waals surface area contributed by atoms with Crippen LogP contribution in [0.2, 0.25) is 0 Å². The molecule has 2 heterocycles. The predicted molar refractivity (Wildman–Crippen MR) is 107 cm³/mol. The molecule has 1 aliphatic heterocycles. The third kappa shape index (κ3) is 4.13. The van der Waals surface area contributed by atoms with E-state index in [1.165, 1.54) is 12.8 Å². The molecule has 1 aromatic heterocycles. The van der Waals surface area contributed by atoms with Gasteiger partial charge < -0.3 is 9.64 Å². The molecule has 1 saturated heterocycles. The number of benzene rings is 2. The SMILES string of the molecule is Cn1cc(-c2ccc3cc(OCC(=O)N4CCCCCC4)ccc3c2)cn1. The number of fused-ring (bicyclic) bond motifs is 1. The molecule has 140 valence electrons. The Morgan fingerprint density at radius 1 is 1.00 bits per heavy atom. The Labute approximate surface area is 159 Å². The molecule has 4 rings (SSSR count). The molecular weight excluding hydrogens is 338 g/mol. The van der Waals surface area contributed by atoms with Crippen molar-refractivity contribution in [1.29, 1.82) is 0 Å². The quantitative estimate of drug-likeness (QED) is 0.703. The minimum atomic E-state index is 0.0870. The lowest BCUT2D eigenvalue weighted by Crippen LogP contribution is -2.35. The van der Waals surface area contributed by atoms with Gasteiger partial charge in [0.15, 0.2) is 6.61 Å². The van der Waals surface area contributed by atoms with E-state index < -0.39 is 0 Å². The van der Waals surface area contributed by atoms with Crippen LogP contribution in [0.3, 0.4) is 0 Å². The minimum Gasteiger partial charge on any atom is -0.484 e. The average Bonchev–Trinajstić information content (AvgIpc) is 2.95. The highest BCUT2D eigenvalue weighted by atomic mass is 16.5. The zero-order valence-electron chi connectivity index (χ0n) is 15.7. The van der Waals surface area contributed by atoms with Crippen molar-refractivity contribution in [2.75, 3.05) is 19.7 Å². The summed E-state index contributed by atoms with van der Waals surface area (Å²) in [7, 11) is 1.92. The first-order valence-electron chi connectivity index (χ1n) is 9.62. The first-order valence-corrected chi connectivity index (χ1v) is 9.62. The largest absolute Gasteiger partial charge is 0.484 e. The van der Waals surface area contributed by atoms with Gasteiger partial charge >= 0.3 is 0 Å². The summed E-state index contributed by atoms with van der Waals surface area (Å²) in [6, 6.07) is 12.3. The lowest BCUT2D eigenvalue weighted by molar-refractivity contribution is -0.133. The zero-order chi connectivity index (χ0) is 18.6. The summed E-state index contributed by atoms with van der Waals surface area (Å²) in [4.78, 5) is 14.3. The van der Waals surface area contributed by atoms with Gasteiger partial charge in [0.25, 0.3) is 5.91 Å². The monoisotopic (exact) mass is 363 g/mol. The Morgan fingerprint density at radius 2 is 1.74 bits per heavy atom. The number of carbonyl (C=O) groups is 1. The number of amides is 1. The van der Waals surface area contributed by atoms with Crippen molar-refractivity contribution in [2.24, 2.45) is 7.05 Å². The molecule has 27 heavy (non-hydrogen) atoms. The lowest BCUT2D eigenvalue weighted by Gasteiger charge is -2.20. The number of aromatic nitrogens is 2. The standard InChI is InChI=1S/C22H25N3O2/c1-24-15-20(14-23-24)18-6-7-19-13-21(9-8-17(19)12-18)27-16-22(26)25-10-4-2-3-5-11-25/h6-9,12-15H,2-5,10-11,16H2,1H3. The molecule has 0 aliphatic carbocycles. The van der Waals surface area contributed by atoms with Crippen molar-refractivity contribution >= 4 is 16.7 Å². The van der Waals surface area contributed by atoms with Crippen LogP contribution in [0.15, 0.2) is 48.8 Å². The molecule has 1 aliphatic rings. The van der Waals surface area contributed by atoms with Crippen LogP contribution < -0.4 is 4.74 Å². The second kappa shape index (κ2) is 7.82. The Balaban J connectivity index is 1.44. The summed E-state index contributed by atoms with van der Waals surface area (Å²) in [5, 5.41) is 6.47. The normalized spacial score (nSPS) is 14.9. The summed E-state index contributed by atoms with van der Waals surface area (Å²) in [6.07, 6.45) is 8.51. The van der Waals surface area contributed by atoms with E-state index >= 15 is 0 Å². The van der Waals surface area contributed by atoms with E-state index in [0.717, 1.165) is 53.6 Å². The van der Waals surface area contributed by atoms with Gasteiger partial charge in [-0.3, -0.25) is 9.48 Å². The van der Waals surface area contributed by atoms with Crippen LogP contribution in [0.4, 0.5) is 0 Å². The number of ether oxygens (including phenoxy) is 1. The number of nitrogens with zero attached hydrogens (tertiary/aromatic N) is 3. The minimum absolute atomic E-state index is 0.0870. The van der Waals surface area contributed by atoms with Crippen LogP contribution in [0.25, 0.3) is 21.9 Å². The highest BCUT2D eigenvalue weighted by Gasteiger charge is 2.16. The zero-order valence-corrected chi connectivity index (χ0v) is 15.7. The van der Waals surface area contributed by atoms with Crippen molar-refractivity contribution in [1.82, 2.24) is 14.7 Å². The summed E-state index contributed by atoms with van der Waals surface area (Å²) in [5.74, 6) is 0.823. The summed E-state index contributed by atoms with van der Waals surface area (Å²) in [6.45, 7) is 1.83. The van der Waals surface area contributed by atoms with Crippen molar-refractivity contribution in [3.05, 3.63) is 48.8 Å². The summed E-state index contributed by atoms with van der Waals surface area (Å²) in [5.41, 5.74) is 2.24. The van der Waals surface area contributed by atoms with Crippen LogP contribution >= 0.6 is 0 Å². The number of hydrogen-bond acceptors (Lipinski definition) is 3. The van der Waals surface area contributed by atoms with E-state index in [0.29, 0.717) is 0 Å². The van der Waals surface area contributed by atoms with E-state index in [2.05, 4.69) is 23.3 Å². The molecule has 0 bridgehead atoms. The van der Waals surface area contributed by atoms with Gasteiger partial charge in [0, 0.05) is 31.9 Å². The summed E-state index contributed by atoms with van der Waals surface area (Å²) < 4.78 is 7.59. The van der Waals surface area contributed by atoms with Crippen molar-refractivity contribution in [3.8, 4) is 16.9 Å². The number of carbonyl (C=O) groups excluding carboxylic acids is 1. The molecular formula is C22H25N3O2. The molecule has 0 N–H and O–H groups in total. The molecule has 3 aromatic rings. The third-order valence-corrected chi connectivity index (χ3v) is 5.17. The van der Waals surface area contributed by atoms with Gasteiger partial charge in [-0.15, -0.1) is 0 Å². The topological polar surface area (TPSA) is 47.4 Å². The highest BCUT2D eigenvalue weighted by Crippen LogP contribution is 2.27. The summed E-state index contributed by atoms with van der Waals surface area (Å²) >= 11 is 0. The number of likely N-dealkylation sites (tertiary alicyclic amines) is 1. The van der Waals surface area contributed by atoms with Crippen molar-refractivity contribution in [2.45, 2.75) is 25.7 Å². The Hall–Kier alpha value is -2.82. The molecule has 0 atom stereocenters. The first kappa shape index (κ1) is 17.6. The smallest absolute Gasteiger partial charge is 0.260 e. The van der Waals surface area contributed by atoms with Crippen LogP contribution in [0.1, 0.15) is 25.7 Å². The molecule has 0 unspecified atom stereocenters. The second-order valence-corrected chi connectivity index (χ2v) is 7.21. The molecule has 0 spiro atoms. The van der Waals surface area contributed by atoms with Crippen LogP contribution in [0.5, 0.6) is 5.75 Å². The highest BCUT2D eigenvalue weighted by molar-refractivity contribution is 5.88. The second-order valence-electron chi connectivity index (χ2n) is 7.21. The molecule has 0 radical (unpaired) electrons. The van der Waals surface area contributed by atoms with Gasteiger partial charge in [-0.25, -0.2) is 0 Å². The van der Waals surface area contributed by atoms with Crippen LogP contribution in [-0.2, 0) is 11.8 Å². The van der Waals surface area contributed by atoms with Gasteiger partial charge in [0.1, 0.15) is 5.75 Å². The van der Waals surface area contributed by atoms with Crippen LogP contribution in [0, 0.1) is 0 Å². The van der Waals surface area contributed by atoms with E-state index in [9.17, 15) is 4.79 Å². The molecule has 1 amide bonds. The fourth-order valence-electron chi connectivity index (χ4n) is 3.62.